The molecule has 0 radical (unpaired) electrons. The average molecular weight is 410 g/mol. The van der Waals surface area contributed by atoms with E-state index in [4.69, 9.17) is 4.74 Å². The second kappa shape index (κ2) is 10.0. The van der Waals surface area contributed by atoms with Gasteiger partial charge in [-0.2, -0.15) is 0 Å². The molecule has 2 aliphatic rings. The van der Waals surface area contributed by atoms with E-state index in [0.29, 0.717) is 30.3 Å². The van der Waals surface area contributed by atoms with Gasteiger partial charge in [0.25, 0.3) is 5.91 Å². The fourth-order valence-corrected chi connectivity index (χ4v) is 4.32. The number of likely N-dealkylation sites (tertiary alicyclic amines) is 2. The molecule has 0 unspecified atom stereocenters. The zero-order chi connectivity index (χ0) is 20.8. The first-order valence-corrected chi connectivity index (χ1v) is 11.0. The Morgan fingerprint density at radius 2 is 1.73 bits per heavy atom. The molecule has 1 aromatic carbocycles. The number of carbonyl (C=O) groups is 1. The number of aromatic nitrogens is 1. The summed E-state index contributed by atoms with van der Waals surface area (Å²) in [5.41, 5.74) is 1.74. The second-order valence-electron chi connectivity index (χ2n) is 8.33. The second-order valence-corrected chi connectivity index (χ2v) is 8.33. The van der Waals surface area contributed by atoms with Gasteiger partial charge in [-0.3, -0.25) is 14.7 Å². The van der Waals surface area contributed by atoms with Crippen LogP contribution in [0.3, 0.4) is 0 Å². The maximum Gasteiger partial charge on any atom is 0.257 e. The van der Waals surface area contributed by atoms with Crippen LogP contribution in [0.1, 0.15) is 41.7 Å². The van der Waals surface area contributed by atoms with Gasteiger partial charge in [0.2, 0.25) is 0 Å². The van der Waals surface area contributed by atoms with Crippen LogP contribution in [0.5, 0.6) is 5.75 Å². The van der Waals surface area contributed by atoms with Gasteiger partial charge in [-0.05, 0) is 55.9 Å². The van der Waals surface area contributed by atoms with Crippen molar-refractivity contribution >= 4 is 5.91 Å². The number of amides is 1. The highest BCUT2D eigenvalue weighted by atomic mass is 16.5. The Balaban J connectivity index is 1.33. The van der Waals surface area contributed by atoms with E-state index in [0.717, 1.165) is 51.0 Å². The lowest BCUT2D eigenvalue weighted by Gasteiger charge is -2.33. The summed E-state index contributed by atoms with van der Waals surface area (Å²) in [7, 11) is 0. The molecular formula is C24H31N3O3. The van der Waals surface area contributed by atoms with Crippen LogP contribution in [-0.2, 0) is 6.54 Å². The molecule has 2 aromatic rings. The number of rotatable bonds is 6. The Labute approximate surface area is 178 Å². The number of ether oxygens (including phenoxy) is 1. The Kier molecular flexibility index (Phi) is 6.97. The number of aliphatic hydroxyl groups is 1. The SMILES string of the molecule is O=C(c1ccccc1OC1CCN(Cc2ccccn2)CC1)N1CCC(CO)CC1. The number of nitrogens with zero attached hydrogens (tertiary/aromatic N) is 3. The van der Waals surface area contributed by atoms with Crippen LogP contribution in [0.25, 0.3) is 0 Å². The number of piperidine rings is 2. The zero-order valence-electron chi connectivity index (χ0n) is 17.4. The Hall–Kier alpha value is -2.44. The lowest BCUT2D eigenvalue weighted by atomic mass is 9.97. The molecule has 0 saturated carbocycles. The number of benzene rings is 1. The van der Waals surface area contributed by atoms with E-state index < -0.39 is 0 Å². The third-order valence-corrected chi connectivity index (χ3v) is 6.22. The van der Waals surface area contributed by atoms with Gasteiger partial charge >= 0.3 is 0 Å². The number of hydrogen-bond acceptors (Lipinski definition) is 5. The van der Waals surface area contributed by atoms with Gasteiger partial charge in [-0.15, -0.1) is 0 Å². The van der Waals surface area contributed by atoms with E-state index in [9.17, 15) is 9.90 Å². The maximum atomic E-state index is 13.1. The first kappa shape index (κ1) is 20.8. The van der Waals surface area contributed by atoms with E-state index in [1.54, 1.807) is 0 Å². The summed E-state index contributed by atoms with van der Waals surface area (Å²) in [4.78, 5) is 21.8. The number of para-hydroxylation sites is 1. The van der Waals surface area contributed by atoms with Gasteiger partial charge in [0.05, 0.1) is 11.3 Å². The maximum absolute atomic E-state index is 13.1. The molecule has 3 heterocycles. The molecule has 1 N–H and O–H groups in total. The molecule has 0 aliphatic carbocycles. The molecule has 0 atom stereocenters. The van der Waals surface area contributed by atoms with Crippen molar-refractivity contribution in [3.63, 3.8) is 0 Å². The third-order valence-electron chi connectivity index (χ3n) is 6.22. The largest absolute Gasteiger partial charge is 0.489 e. The van der Waals surface area contributed by atoms with E-state index in [-0.39, 0.29) is 18.6 Å². The molecule has 1 amide bonds. The van der Waals surface area contributed by atoms with Crippen LogP contribution in [-0.4, -0.2) is 64.7 Å². The third kappa shape index (κ3) is 5.18. The molecule has 0 spiro atoms. The van der Waals surface area contributed by atoms with Crippen molar-refractivity contribution in [3.8, 4) is 5.75 Å². The van der Waals surface area contributed by atoms with Gasteiger partial charge in [0.1, 0.15) is 11.9 Å². The normalized spacial score (nSPS) is 19.0. The quantitative estimate of drug-likeness (QED) is 0.795. The van der Waals surface area contributed by atoms with Gasteiger partial charge < -0.3 is 14.7 Å². The van der Waals surface area contributed by atoms with Gasteiger partial charge in [-0.1, -0.05) is 18.2 Å². The molecule has 2 fully saturated rings. The van der Waals surface area contributed by atoms with Crippen molar-refractivity contribution in [2.75, 3.05) is 32.8 Å². The highest BCUT2D eigenvalue weighted by Gasteiger charge is 2.27. The van der Waals surface area contributed by atoms with Gasteiger partial charge in [0, 0.05) is 45.5 Å². The minimum atomic E-state index is 0.0366. The van der Waals surface area contributed by atoms with Gasteiger partial charge in [0.15, 0.2) is 0 Å². The average Bonchev–Trinajstić information content (AvgIpc) is 2.81. The van der Waals surface area contributed by atoms with E-state index in [2.05, 4.69) is 16.0 Å². The van der Waals surface area contributed by atoms with Crippen molar-refractivity contribution in [2.45, 2.75) is 38.3 Å². The first-order chi connectivity index (χ1) is 14.7. The van der Waals surface area contributed by atoms with Crippen LogP contribution in [0.2, 0.25) is 0 Å². The summed E-state index contributed by atoms with van der Waals surface area (Å²) in [6.45, 7) is 4.40. The summed E-state index contributed by atoms with van der Waals surface area (Å²) in [6.07, 6.45) is 5.57. The highest BCUT2D eigenvalue weighted by molar-refractivity contribution is 5.97. The molecule has 2 aliphatic heterocycles. The number of carbonyl (C=O) groups excluding carboxylic acids is 1. The topological polar surface area (TPSA) is 65.9 Å². The van der Waals surface area contributed by atoms with E-state index >= 15 is 0 Å². The molecule has 4 rings (SSSR count). The molecule has 6 heteroatoms. The minimum Gasteiger partial charge on any atom is -0.489 e. The molecule has 30 heavy (non-hydrogen) atoms. The van der Waals surface area contributed by atoms with Gasteiger partial charge in [-0.25, -0.2) is 0 Å². The van der Waals surface area contributed by atoms with Crippen molar-refractivity contribution < 1.29 is 14.6 Å². The Morgan fingerprint density at radius 3 is 2.43 bits per heavy atom. The van der Waals surface area contributed by atoms with Crippen molar-refractivity contribution in [1.29, 1.82) is 0 Å². The predicted molar refractivity (Wildman–Crippen MR) is 115 cm³/mol. The predicted octanol–water partition coefficient (Wildman–Crippen LogP) is 2.97. The molecule has 6 nitrogen and oxygen atoms in total. The first-order valence-electron chi connectivity index (χ1n) is 11.0. The number of aliphatic hydroxyl groups excluding tert-OH is 1. The fraction of sp³-hybridized carbons (Fsp3) is 0.500. The minimum absolute atomic E-state index is 0.0366. The van der Waals surface area contributed by atoms with Crippen molar-refractivity contribution in [3.05, 3.63) is 59.9 Å². The molecule has 0 bridgehead atoms. The smallest absolute Gasteiger partial charge is 0.257 e. The zero-order valence-corrected chi connectivity index (χ0v) is 17.4. The van der Waals surface area contributed by atoms with Crippen LogP contribution in [0.15, 0.2) is 48.7 Å². The molecular weight excluding hydrogens is 378 g/mol. The number of hydrogen-bond donors (Lipinski definition) is 1. The summed E-state index contributed by atoms with van der Waals surface area (Å²) >= 11 is 0. The van der Waals surface area contributed by atoms with E-state index in [1.165, 1.54) is 0 Å². The number of pyridine rings is 1. The standard InChI is InChI=1S/C24H31N3O3/c28-18-19-8-15-27(16-9-19)24(29)22-6-1-2-7-23(22)30-21-10-13-26(14-11-21)17-20-5-3-4-12-25-20/h1-7,12,19,21,28H,8-11,13-18H2. The van der Waals surface area contributed by atoms with Crippen LogP contribution in [0, 0.1) is 5.92 Å². The molecule has 1 aromatic heterocycles. The Bertz CT molecular complexity index is 813. The van der Waals surface area contributed by atoms with Crippen molar-refractivity contribution in [1.82, 2.24) is 14.8 Å². The highest BCUT2D eigenvalue weighted by Crippen LogP contribution is 2.26. The fourth-order valence-electron chi connectivity index (χ4n) is 4.32. The summed E-state index contributed by atoms with van der Waals surface area (Å²) < 4.78 is 6.31. The lowest BCUT2D eigenvalue weighted by molar-refractivity contribution is 0.0633. The van der Waals surface area contributed by atoms with E-state index in [1.807, 2.05) is 47.5 Å². The van der Waals surface area contributed by atoms with Crippen molar-refractivity contribution in [2.24, 2.45) is 5.92 Å². The molecule has 160 valence electrons. The monoisotopic (exact) mass is 409 g/mol. The van der Waals surface area contributed by atoms with Crippen LogP contribution < -0.4 is 4.74 Å². The van der Waals surface area contributed by atoms with Crippen LogP contribution in [0.4, 0.5) is 0 Å². The summed E-state index contributed by atoms with van der Waals surface area (Å²) in [5, 5.41) is 9.33. The lowest BCUT2D eigenvalue weighted by Crippen LogP contribution is -2.40. The van der Waals surface area contributed by atoms with Crippen LogP contribution >= 0.6 is 0 Å². The summed E-state index contributed by atoms with van der Waals surface area (Å²) in [6, 6.07) is 13.6. The summed E-state index contributed by atoms with van der Waals surface area (Å²) in [5.74, 6) is 1.04. The Morgan fingerprint density at radius 1 is 1.00 bits per heavy atom. The molecule has 2 saturated heterocycles.